The molecule has 1 N–H and O–H groups in total. The van der Waals surface area contributed by atoms with Gasteiger partial charge in [-0.1, -0.05) is 58.2 Å². The van der Waals surface area contributed by atoms with Crippen LogP contribution in [0.25, 0.3) is 17.3 Å². The zero-order chi connectivity index (χ0) is 28.1. The number of amides is 1. The number of carbonyl (C=O) groups is 2. The lowest BCUT2D eigenvalue weighted by Crippen LogP contribution is -2.47. The summed E-state index contributed by atoms with van der Waals surface area (Å²) in [6.07, 6.45) is 11.8. The van der Waals surface area contributed by atoms with Gasteiger partial charge in [-0.05, 0) is 87.1 Å². The first kappa shape index (κ1) is 27.4. The Morgan fingerprint density at radius 2 is 1.68 bits per heavy atom. The Labute approximate surface area is 248 Å². The summed E-state index contributed by atoms with van der Waals surface area (Å²) in [5.41, 5.74) is 2.76. The molecule has 6 nitrogen and oxygen atoms in total. The molecule has 3 aromatic rings. The van der Waals surface area contributed by atoms with Gasteiger partial charge >= 0.3 is 5.97 Å². The van der Waals surface area contributed by atoms with E-state index >= 15 is 0 Å². The molecule has 1 aromatic heterocycles. The molecule has 2 aromatic carbocycles. The molecule has 4 aliphatic carbocycles. The van der Waals surface area contributed by atoms with E-state index < -0.39 is 11.4 Å². The zero-order valence-electron chi connectivity index (χ0n) is 22.1. The van der Waals surface area contributed by atoms with Crippen LogP contribution in [0.4, 0.5) is 5.69 Å². The van der Waals surface area contributed by atoms with Crippen molar-refractivity contribution in [3.05, 3.63) is 74.4 Å². The predicted molar refractivity (Wildman–Crippen MR) is 157 cm³/mol. The highest BCUT2D eigenvalue weighted by atomic mass is 35.5. The molecule has 7 rings (SSSR count). The van der Waals surface area contributed by atoms with E-state index in [1.54, 1.807) is 12.1 Å². The Bertz CT molecular complexity index is 1480. The Kier molecular flexibility index (Phi) is 7.22. The normalized spacial score (nSPS) is 23.9. The van der Waals surface area contributed by atoms with Crippen molar-refractivity contribution >= 4 is 58.4 Å². The second kappa shape index (κ2) is 10.6. The average Bonchev–Trinajstić information content (AvgIpc) is 3.73. The summed E-state index contributed by atoms with van der Waals surface area (Å²) in [4.78, 5) is 25.3. The first-order valence-corrected chi connectivity index (χ1v) is 14.7. The van der Waals surface area contributed by atoms with Gasteiger partial charge in [-0.25, -0.2) is 4.79 Å². The highest BCUT2D eigenvalue weighted by Gasteiger charge is 2.51. The van der Waals surface area contributed by atoms with Crippen molar-refractivity contribution in [2.24, 2.45) is 10.8 Å². The maximum Gasteiger partial charge on any atom is 0.337 e. The van der Waals surface area contributed by atoms with E-state index in [0.29, 0.717) is 43.5 Å². The summed E-state index contributed by atoms with van der Waals surface area (Å²) in [5, 5.41) is 8.83. The number of aromatic nitrogens is 1. The molecule has 2 bridgehead atoms. The van der Waals surface area contributed by atoms with Crippen molar-refractivity contribution in [3.63, 3.8) is 0 Å². The van der Waals surface area contributed by atoms with Gasteiger partial charge in [0.25, 0.3) is 0 Å². The minimum absolute atomic E-state index is 0.0109. The lowest BCUT2D eigenvalue weighted by molar-refractivity contribution is -0.133. The van der Waals surface area contributed by atoms with Crippen molar-refractivity contribution in [1.82, 2.24) is 5.16 Å². The summed E-state index contributed by atoms with van der Waals surface area (Å²) < 4.78 is 10.6. The van der Waals surface area contributed by atoms with Gasteiger partial charge in [-0.3, -0.25) is 4.79 Å². The molecule has 0 saturated heterocycles. The number of hydrogen-bond donors (Lipinski definition) is 1. The monoisotopic (exact) mass is 598 g/mol. The van der Waals surface area contributed by atoms with Crippen molar-refractivity contribution in [2.45, 2.75) is 57.3 Å². The number of fused-ring (bicyclic) bond motifs is 3. The Morgan fingerprint density at radius 3 is 2.27 bits per heavy atom. The summed E-state index contributed by atoms with van der Waals surface area (Å²) >= 11 is 19.4. The second-order valence-corrected chi connectivity index (χ2v) is 12.5. The molecular weight excluding hydrogens is 571 g/mol. The number of ether oxygens (including phenoxy) is 1. The van der Waals surface area contributed by atoms with Gasteiger partial charge < -0.3 is 14.6 Å². The lowest BCUT2D eigenvalue weighted by Gasteiger charge is -2.51. The third-order valence-corrected chi connectivity index (χ3v) is 9.87. The molecule has 9 heteroatoms. The van der Waals surface area contributed by atoms with Gasteiger partial charge in [0, 0.05) is 22.5 Å². The van der Waals surface area contributed by atoms with Crippen LogP contribution in [-0.4, -0.2) is 24.1 Å². The minimum Gasteiger partial charge on any atom is -0.465 e. The summed E-state index contributed by atoms with van der Waals surface area (Å²) in [7, 11) is 1.32. The summed E-state index contributed by atoms with van der Waals surface area (Å²) in [6, 6.07) is 10.2. The summed E-state index contributed by atoms with van der Waals surface area (Å²) in [6.45, 7) is 0. The quantitative estimate of drug-likeness (QED) is 0.274. The molecule has 4 fully saturated rings. The van der Waals surface area contributed by atoms with Crippen LogP contribution in [0.2, 0.25) is 15.1 Å². The number of esters is 1. The number of allylic oxidation sites excluding steroid dienone is 1. The standard InChI is InChI=1S/C31H29Cl3N2O4/c1-39-28(37)19-7-8-24(23(34)17-19)35-29(38)31-14-11-30(12-15-31,13-16-31)10-9-20-26(36-40-27(20)18-5-6-18)25-21(32)3-2-4-22(25)33/h2-4,7-10,17-18H,5-6,11-16H2,1H3,(H,35,38). The zero-order valence-corrected chi connectivity index (χ0v) is 24.3. The molecule has 40 heavy (non-hydrogen) atoms. The van der Waals surface area contributed by atoms with E-state index in [1.165, 1.54) is 13.2 Å². The van der Waals surface area contributed by atoms with Crippen molar-refractivity contribution in [2.75, 3.05) is 12.4 Å². The predicted octanol–water partition coefficient (Wildman–Crippen LogP) is 8.96. The van der Waals surface area contributed by atoms with Crippen LogP contribution in [0, 0.1) is 10.8 Å². The molecule has 0 spiro atoms. The Morgan fingerprint density at radius 1 is 1.00 bits per heavy atom. The molecular formula is C31H29Cl3N2O4. The van der Waals surface area contributed by atoms with Gasteiger partial charge in [0.2, 0.25) is 5.91 Å². The lowest BCUT2D eigenvalue weighted by atomic mass is 9.53. The molecule has 0 radical (unpaired) electrons. The van der Waals surface area contributed by atoms with Gasteiger partial charge in [0.05, 0.1) is 33.4 Å². The first-order valence-electron chi connectivity index (χ1n) is 13.6. The molecule has 1 heterocycles. The van der Waals surface area contributed by atoms with Gasteiger partial charge in [-0.2, -0.15) is 0 Å². The number of nitrogens with one attached hydrogen (secondary N) is 1. The number of nitrogens with zero attached hydrogens (tertiary/aromatic N) is 1. The minimum atomic E-state index is -0.472. The van der Waals surface area contributed by atoms with E-state index in [2.05, 4.69) is 22.6 Å². The molecule has 0 unspecified atom stereocenters. The number of hydrogen-bond acceptors (Lipinski definition) is 5. The van der Waals surface area contributed by atoms with Gasteiger partial charge in [-0.15, -0.1) is 0 Å². The Balaban J connectivity index is 1.19. The second-order valence-electron chi connectivity index (χ2n) is 11.3. The van der Waals surface area contributed by atoms with Crippen LogP contribution in [0.3, 0.4) is 0 Å². The number of benzene rings is 2. The SMILES string of the molecule is COC(=O)c1ccc(NC(=O)C23CCC(C=Cc4c(-c5c(Cl)cccc5Cl)noc4C4CC4)(CC2)CC3)c(Cl)c1. The van der Waals surface area contributed by atoms with E-state index in [9.17, 15) is 9.59 Å². The molecule has 4 aliphatic rings. The molecule has 1 amide bonds. The van der Waals surface area contributed by atoms with Crippen molar-refractivity contribution < 1.29 is 18.8 Å². The van der Waals surface area contributed by atoms with Crippen molar-refractivity contribution in [3.8, 4) is 11.3 Å². The largest absolute Gasteiger partial charge is 0.465 e. The van der Waals surface area contributed by atoms with Crippen LogP contribution in [-0.2, 0) is 9.53 Å². The smallest absolute Gasteiger partial charge is 0.337 e. The highest BCUT2D eigenvalue weighted by molar-refractivity contribution is 6.39. The fourth-order valence-electron chi connectivity index (χ4n) is 6.20. The first-order chi connectivity index (χ1) is 19.2. The maximum absolute atomic E-state index is 13.5. The molecule has 0 aliphatic heterocycles. The fraction of sp³-hybridized carbons (Fsp3) is 0.387. The number of carbonyl (C=O) groups excluding carboxylic acids is 2. The topological polar surface area (TPSA) is 81.4 Å². The molecule has 208 valence electrons. The van der Waals surface area contributed by atoms with E-state index in [4.69, 9.17) is 44.1 Å². The Hall–Kier alpha value is -2.80. The highest BCUT2D eigenvalue weighted by Crippen LogP contribution is 2.58. The fourth-order valence-corrected chi connectivity index (χ4v) is 7.00. The van der Waals surface area contributed by atoms with Crippen LogP contribution in [0.5, 0.6) is 0 Å². The van der Waals surface area contributed by atoms with Gasteiger partial charge in [0.15, 0.2) is 0 Å². The van der Waals surface area contributed by atoms with Crippen LogP contribution >= 0.6 is 34.8 Å². The average molecular weight is 600 g/mol. The van der Waals surface area contributed by atoms with Crippen molar-refractivity contribution in [1.29, 1.82) is 0 Å². The number of methoxy groups -OCH3 is 1. The maximum atomic E-state index is 13.5. The van der Waals surface area contributed by atoms with Crippen LogP contribution in [0.1, 0.15) is 79.0 Å². The van der Waals surface area contributed by atoms with E-state index in [1.807, 2.05) is 18.2 Å². The van der Waals surface area contributed by atoms with Crippen LogP contribution in [0.15, 0.2) is 47.0 Å². The number of rotatable bonds is 7. The number of anilines is 1. The third kappa shape index (κ3) is 4.95. The molecule has 4 saturated carbocycles. The summed E-state index contributed by atoms with van der Waals surface area (Å²) in [5.74, 6) is 0.791. The molecule has 0 atom stereocenters. The van der Waals surface area contributed by atoms with Crippen LogP contribution < -0.4 is 5.32 Å². The van der Waals surface area contributed by atoms with Gasteiger partial charge in [0.1, 0.15) is 11.5 Å². The number of halogens is 3. The van der Waals surface area contributed by atoms with E-state index in [-0.39, 0.29) is 11.3 Å². The third-order valence-electron chi connectivity index (χ3n) is 8.93. The van der Waals surface area contributed by atoms with E-state index in [0.717, 1.165) is 62.7 Å².